The number of alkyl carbamates (subject to hydrolysis) is 1. The van der Waals surface area contributed by atoms with E-state index in [0.717, 1.165) is 0 Å². The van der Waals surface area contributed by atoms with E-state index >= 15 is 0 Å². The summed E-state index contributed by atoms with van der Waals surface area (Å²) in [6.07, 6.45) is -2.47. The monoisotopic (exact) mass is 491 g/mol. The molecule has 1 aromatic rings. The van der Waals surface area contributed by atoms with E-state index < -0.39 is 55.9 Å². The van der Waals surface area contributed by atoms with Crippen LogP contribution in [-0.4, -0.2) is 55.7 Å². The van der Waals surface area contributed by atoms with E-state index in [4.69, 9.17) is 14.2 Å². The molecule has 1 aliphatic carbocycles. The Morgan fingerprint density at radius 3 is 2.15 bits per heavy atom. The van der Waals surface area contributed by atoms with Crippen molar-refractivity contribution >= 4 is 37.1 Å². The number of nitrogens with one attached hydrogen (secondary N) is 1. The summed E-state index contributed by atoms with van der Waals surface area (Å²) in [4.78, 5) is 49.6. The zero-order chi connectivity index (χ0) is 25.7. The average molecular weight is 492 g/mol. The minimum absolute atomic E-state index is 0.0694. The number of amides is 1. The fourth-order valence-electron chi connectivity index (χ4n) is 4.44. The predicted molar refractivity (Wildman–Crippen MR) is 130 cm³/mol. The van der Waals surface area contributed by atoms with Gasteiger partial charge >= 0.3 is 18.0 Å². The van der Waals surface area contributed by atoms with Gasteiger partial charge in [0.05, 0.1) is 8.07 Å². The summed E-state index contributed by atoms with van der Waals surface area (Å²) in [5.41, 5.74) is -0.701. The van der Waals surface area contributed by atoms with E-state index in [9.17, 15) is 19.2 Å². The van der Waals surface area contributed by atoms with Gasteiger partial charge in [-0.15, -0.1) is 0 Å². The Labute approximate surface area is 202 Å². The van der Waals surface area contributed by atoms with Crippen LogP contribution in [-0.2, 0) is 28.6 Å². The highest BCUT2D eigenvalue weighted by Gasteiger charge is 2.48. The summed E-state index contributed by atoms with van der Waals surface area (Å²) in [7, 11) is -2.15. The lowest BCUT2D eigenvalue weighted by Gasteiger charge is -2.38. The van der Waals surface area contributed by atoms with Gasteiger partial charge in [0.15, 0.2) is 18.0 Å². The number of carbonyl (C=O) groups excluding carboxylic acids is 4. The Hall–Kier alpha value is -2.68. The zero-order valence-corrected chi connectivity index (χ0v) is 22.2. The number of rotatable bonds is 6. The molecule has 0 unspecified atom stereocenters. The summed E-state index contributed by atoms with van der Waals surface area (Å²) in [6.45, 7) is 12.2. The summed E-state index contributed by atoms with van der Waals surface area (Å²) in [5.74, 6) is -2.02. The van der Waals surface area contributed by atoms with E-state index in [1.54, 1.807) is 20.8 Å². The van der Waals surface area contributed by atoms with E-state index in [1.807, 2.05) is 18.2 Å². The van der Waals surface area contributed by atoms with Crippen LogP contribution in [0.3, 0.4) is 0 Å². The van der Waals surface area contributed by atoms with Gasteiger partial charge in [-0.1, -0.05) is 48.6 Å². The van der Waals surface area contributed by atoms with Crippen molar-refractivity contribution < 1.29 is 33.4 Å². The molecule has 0 saturated heterocycles. The van der Waals surface area contributed by atoms with E-state index in [0.29, 0.717) is 12.5 Å². The molecule has 4 atom stereocenters. The average Bonchev–Trinajstić information content (AvgIpc) is 2.80. The zero-order valence-electron chi connectivity index (χ0n) is 21.2. The number of ether oxygens (including phenoxy) is 3. The third kappa shape index (κ3) is 7.97. The molecular weight excluding hydrogens is 454 g/mol. The van der Waals surface area contributed by atoms with Gasteiger partial charge in [0.2, 0.25) is 0 Å². The van der Waals surface area contributed by atoms with Crippen LogP contribution in [0.15, 0.2) is 30.3 Å². The number of esters is 2. The number of hydrogen-bond acceptors (Lipinski definition) is 7. The molecule has 8 nitrogen and oxygen atoms in total. The van der Waals surface area contributed by atoms with E-state index in [1.165, 1.54) is 19.0 Å². The number of Topliss-reactive ketones (excluding diaryl/α,β-unsaturated/α-hetero) is 1. The molecule has 1 aliphatic rings. The van der Waals surface area contributed by atoms with Crippen LogP contribution < -0.4 is 10.5 Å². The Kier molecular flexibility index (Phi) is 9.05. The van der Waals surface area contributed by atoms with Crippen molar-refractivity contribution in [1.29, 1.82) is 0 Å². The third-order valence-electron chi connectivity index (χ3n) is 5.85. The van der Waals surface area contributed by atoms with Crippen LogP contribution in [0.4, 0.5) is 4.79 Å². The predicted octanol–water partition coefficient (Wildman–Crippen LogP) is 3.34. The van der Waals surface area contributed by atoms with E-state index in [2.05, 4.69) is 30.5 Å². The molecule has 0 aromatic heterocycles. The highest BCUT2D eigenvalue weighted by molar-refractivity contribution is 6.89. The van der Waals surface area contributed by atoms with Crippen LogP contribution in [0.5, 0.6) is 0 Å². The number of carbonyl (C=O) groups is 4. The molecule has 1 fully saturated rings. The van der Waals surface area contributed by atoms with Crippen LogP contribution in [0.2, 0.25) is 19.1 Å². The lowest BCUT2D eigenvalue weighted by molar-refractivity contribution is -0.172. The molecule has 1 aromatic carbocycles. The Morgan fingerprint density at radius 1 is 1.03 bits per heavy atom. The van der Waals surface area contributed by atoms with Crippen molar-refractivity contribution in [2.45, 2.75) is 90.4 Å². The second kappa shape index (κ2) is 11.2. The van der Waals surface area contributed by atoms with Crippen molar-refractivity contribution in [3.63, 3.8) is 0 Å². The van der Waals surface area contributed by atoms with Crippen molar-refractivity contribution in [2.24, 2.45) is 5.92 Å². The minimum atomic E-state index is -2.15. The van der Waals surface area contributed by atoms with Crippen molar-refractivity contribution in [3.05, 3.63) is 30.3 Å². The molecule has 1 N–H and O–H groups in total. The molecule has 0 heterocycles. The number of benzene rings is 1. The number of ketones is 1. The largest absolute Gasteiger partial charge is 0.458 e. The SMILES string of the molecule is CC(=O)O[C@H]1[C@H](C[Si](C)(C)c2ccccc2)[C@H](NC(=O)OC(C)(C)C)CCC(=O)[C@H]1OC(C)=O. The van der Waals surface area contributed by atoms with Crippen molar-refractivity contribution in [2.75, 3.05) is 0 Å². The van der Waals surface area contributed by atoms with Crippen LogP contribution >= 0.6 is 0 Å². The van der Waals surface area contributed by atoms with Gasteiger partial charge in [-0.3, -0.25) is 14.4 Å². The first-order valence-electron chi connectivity index (χ1n) is 11.6. The Bertz CT molecular complexity index is 894. The lowest BCUT2D eigenvalue weighted by Crippen LogP contribution is -2.54. The van der Waals surface area contributed by atoms with Gasteiger partial charge in [-0.05, 0) is 33.2 Å². The van der Waals surface area contributed by atoms with Gasteiger partial charge in [-0.25, -0.2) is 4.79 Å². The maximum Gasteiger partial charge on any atom is 0.407 e. The Morgan fingerprint density at radius 2 is 1.62 bits per heavy atom. The first kappa shape index (κ1) is 27.6. The fraction of sp³-hybridized carbons (Fsp3) is 0.600. The van der Waals surface area contributed by atoms with Crippen molar-refractivity contribution in [3.8, 4) is 0 Å². The van der Waals surface area contributed by atoms with Crippen molar-refractivity contribution in [1.82, 2.24) is 5.32 Å². The maximum atomic E-state index is 13.0. The van der Waals surface area contributed by atoms with Gasteiger partial charge < -0.3 is 19.5 Å². The quantitative estimate of drug-likeness (QED) is 0.281. The fourth-order valence-corrected chi connectivity index (χ4v) is 7.46. The summed E-state index contributed by atoms with van der Waals surface area (Å²) >= 11 is 0. The standard InChI is InChI=1S/C25H37NO7Si/c1-16(27)31-22-19(15-34(6,7)18-11-9-8-10-12-18)20(26-24(30)33-25(3,4)5)13-14-21(29)23(22)32-17(2)28/h8-12,19-20,22-23H,13-15H2,1-7H3,(H,26,30)/t19-,20-,22+,23-/m1/s1. The molecule has 0 aliphatic heterocycles. The molecule has 0 bridgehead atoms. The molecular formula is C25H37NO7Si. The highest BCUT2D eigenvalue weighted by atomic mass is 28.3. The molecule has 0 radical (unpaired) electrons. The molecule has 188 valence electrons. The summed E-state index contributed by atoms with van der Waals surface area (Å²) in [6, 6.07) is 10.1. The topological polar surface area (TPSA) is 108 Å². The third-order valence-corrected chi connectivity index (χ3v) is 9.24. The second-order valence-corrected chi connectivity index (χ2v) is 15.2. The minimum Gasteiger partial charge on any atom is -0.458 e. The van der Waals surface area contributed by atoms with Gasteiger partial charge in [0.25, 0.3) is 0 Å². The molecule has 34 heavy (non-hydrogen) atoms. The highest BCUT2D eigenvalue weighted by Crippen LogP contribution is 2.34. The molecule has 0 spiro atoms. The Balaban J connectivity index is 2.51. The van der Waals surface area contributed by atoms with E-state index in [-0.39, 0.29) is 12.2 Å². The molecule has 1 amide bonds. The second-order valence-electron chi connectivity index (χ2n) is 10.5. The maximum absolute atomic E-state index is 13.0. The molecule has 2 rings (SSSR count). The molecule has 1 saturated carbocycles. The van der Waals surface area contributed by atoms with Gasteiger partial charge in [0, 0.05) is 32.2 Å². The smallest absolute Gasteiger partial charge is 0.407 e. The van der Waals surface area contributed by atoms with Crippen LogP contribution in [0.25, 0.3) is 0 Å². The summed E-state index contributed by atoms with van der Waals surface area (Å²) < 4.78 is 16.5. The van der Waals surface area contributed by atoms with Crippen LogP contribution in [0, 0.1) is 5.92 Å². The first-order chi connectivity index (χ1) is 15.7. The van der Waals surface area contributed by atoms with Crippen LogP contribution in [0.1, 0.15) is 47.5 Å². The summed E-state index contributed by atoms with van der Waals surface area (Å²) in [5, 5.41) is 4.10. The normalized spacial score (nSPS) is 23.4. The first-order valence-corrected chi connectivity index (χ1v) is 14.8. The number of hydrogen-bond donors (Lipinski definition) is 1. The lowest BCUT2D eigenvalue weighted by atomic mass is 9.92. The van der Waals surface area contributed by atoms with Gasteiger partial charge in [0.1, 0.15) is 5.60 Å². The molecule has 9 heteroatoms. The van der Waals surface area contributed by atoms with Gasteiger partial charge in [-0.2, -0.15) is 0 Å².